The van der Waals surface area contributed by atoms with Gasteiger partial charge in [-0.25, -0.2) is 9.82 Å². The molecule has 0 atom stereocenters. The van der Waals surface area contributed by atoms with E-state index in [1.165, 1.54) is 12.3 Å². The molecule has 27 heavy (non-hydrogen) atoms. The largest absolute Gasteiger partial charge is 0.455 e. The maximum Gasteiger partial charge on any atom is 0.329 e. The maximum atomic E-state index is 13.7. The monoisotopic (exact) mass is 365 g/mol. The number of furan rings is 1. The highest BCUT2D eigenvalue weighted by molar-refractivity contribution is 6.39. The van der Waals surface area contributed by atoms with Crippen LogP contribution in [0, 0.1) is 12.7 Å². The first-order chi connectivity index (χ1) is 13.0. The van der Waals surface area contributed by atoms with Gasteiger partial charge in [-0.1, -0.05) is 29.8 Å². The highest BCUT2D eigenvalue weighted by Crippen LogP contribution is 2.24. The van der Waals surface area contributed by atoms with Gasteiger partial charge in [-0.3, -0.25) is 9.59 Å². The van der Waals surface area contributed by atoms with E-state index in [1.54, 1.807) is 42.5 Å². The van der Waals surface area contributed by atoms with Crippen molar-refractivity contribution in [2.75, 3.05) is 5.32 Å². The van der Waals surface area contributed by atoms with Gasteiger partial charge < -0.3 is 9.73 Å². The van der Waals surface area contributed by atoms with Gasteiger partial charge >= 0.3 is 11.8 Å². The minimum Gasteiger partial charge on any atom is -0.455 e. The van der Waals surface area contributed by atoms with Crippen molar-refractivity contribution in [2.45, 2.75) is 6.92 Å². The molecular formula is C20H16FN3O3. The first-order valence-corrected chi connectivity index (χ1v) is 8.09. The number of hydrazone groups is 1. The summed E-state index contributed by atoms with van der Waals surface area (Å²) in [7, 11) is 0. The van der Waals surface area contributed by atoms with E-state index in [9.17, 15) is 14.0 Å². The van der Waals surface area contributed by atoms with Crippen molar-refractivity contribution in [3.8, 4) is 11.3 Å². The summed E-state index contributed by atoms with van der Waals surface area (Å²) in [4.78, 5) is 23.6. The number of carbonyl (C=O) groups excluding carboxylic acids is 2. The molecule has 0 aliphatic rings. The topological polar surface area (TPSA) is 83.7 Å². The number of carbonyl (C=O) groups is 2. The Morgan fingerprint density at radius 1 is 1.00 bits per heavy atom. The van der Waals surface area contributed by atoms with Gasteiger partial charge in [-0.15, -0.1) is 0 Å². The molecule has 0 saturated heterocycles. The minimum absolute atomic E-state index is 0.299. The summed E-state index contributed by atoms with van der Waals surface area (Å²) in [5.41, 5.74) is 3.97. The second kappa shape index (κ2) is 8.09. The molecule has 2 N–H and O–H groups in total. The third-order valence-corrected chi connectivity index (χ3v) is 3.64. The van der Waals surface area contributed by atoms with Crippen molar-refractivity contribution in [1.82, 2.24) is 5.43 Å². The number of aryl methyl sites for hydroxylation is 1. The number of anilines is 1. The average Bonchev–Trinajstić information content (AvgIpc) is 3.12. The number of nitrogens with zero attached hydrogens (tertiary/aromatic N) is 1. The molecule has 0 aliphatic carbocycles. The zero-order valence-electron chi connectivity index (χ0n) is 14.4. The molecule has 2 aromatic carbocycles. The molecule has 2 amide bonds. The van der Waals surface area contributed by atoms with Crippen molar-refractivity contribution in [1.29, 1.82) is 0 Å². The summed E-state index contributed by atoms with van der Waals surface area (Å²) in [5.74, 6) is -1.54. The van der Waals surface area contributed by atoms with Crippen LogP contribution in [-0.4, -0.2) is 18.0 Å². The molecule has 0 aliphatic heterocycles. The van der Waals surface area contributed by atoms with Crippen LogP contribution < -0.4 is 10.7 Å². The van der Waals surface area contributed by atoms with Gasteiger partial charge in [0.1, 0.15) is 17.3 Å². The molecule has 1 heterocycles. The van der Waals surface area contributed by atoms with Crippen molar-refractivity contribution in [2.24, 2.45) is 5.10 Å². The first kappa shape index (κ1) is 18.1. The Bertz CT molecular complexity index is 994. The van der Waals surface area contributed by atoms with Gasteiger partial charge in [0.05, 0.1) is 11.8 Å². The molecule has 0 radical (unpaired) electrons. The summed E-state index contributed by atoms with van der Waals surface area (Å²) in [6.45, 7) is 1.92. The standard InChI is InChI=1S/C20H16FN3O3/c1-13-6-8-14(9-7-13)23-19(25)20(26)24-22-12-15-10-11-18(27-15)16-4-2-3-5-17(16)21/h2-12H,1H3,(H,23,25)(H,24,26)/b22-12-. The number of amides is 2. The number of hydrogen-bond donors (Lipinski definition) is 2. The predicted octanol–water partition coefficient (Wildman–Crippen LogP) is 3.48. The fourth-order valence-electron chi connectivity index (χ4n) is 2.26. The first-order valence-electron chi connectivity index (χ1n) is 8.09. The van der Waals surface area contributed by atoms with Crippen LogP contribution in [0.1, 0.15) is 11.3 Å². The van der Waals surface area contributed by atoms with Gasteiger partial charge in [0, 0.05) is 5.69 Å². The molecule has 7 heteroatoms. The summed E-state index contributed by atoms with van der Waals surface area (Å²) in [5, 5.41) is 6.13. The lowest BCUT2D eigenvalue weighted by Crippen LogP contribution is -2.32. The van der Waals surface area contributed by atoms with E-state index in [0.29, 0.717) is 22.8 Å². The van der Waals surface area contributed by atoms with Crippen LogP contribution >= 0.6 is 0 Å². The molecule has 3 rings (SSSR count). The zero-order chi connectivity index (χ0) is 19.2. The van der Waals surface area contributed by atoms with E-state index in [1.807, 2.05) is 19.1 Å². The van der Waals surface area contributed by atoms with Crippen LogP contribution in [-0.2, 0) is 9.59 Å². The van der Waals surface area contributed by atoms with Crippen molar-refractivity contribution >= 4 is 23.7 Å². The number of halogens is 1. The van der Waals surface area contributed by atoms with E-state index in [4.69, 9.17) is 4.42 Å². The van der Waals surface area contributed by atoms with Crippen molar-refractivity contribution < 1.29 is 18.4 Å². The molecule has 0 saturated carbocycles. The number of benzene rings is 2. The van der Waals surface area contributed by atoms with Crippen LogP contribution in [0.15, 0.2) is 70.2 Å². The Morgan fingerprint density at radius 3 is 2.48 bits per heavy atom. The Kier molecular flexibility index (Phi) is 5.41. The third kappa shape index (κ3) is 4.66. The predicted molar refractivity (Wildman–Crippen MR) is 99.6 cm³/mol. The van der Waals surface area contributed by atoms with E-state index in [-0.39, 0.29) is 0 Å². The van der Waals surface area contributed by atoms with Crippen LogP contribution in [0.5, 0.6) is 0 Å². The van der Waals surface area contributed by atoms with Gasteiger partial charge in [0.25, 0.3) is 0 Å². The van der Waals surface area contributed by atoms with E-state index >= 15 is 0 Å². The summed E-state index contributed by atoms with van der Waals surface area (Å²) >= 11 is 0. The number of nitrogens with one attached hydrogen (secondary N) is 2. The Balaban J connectivity index is 1.57. The molecule has 0 bridgehead atoms. The highest BCUT2D eigenvalue weighted by atomic mass is 19.1. The second-order valence-corrected chi connectivity index (χ2v) is 5.70. The average molecular weight is 365 g/mol. The van der Waals surface area contributed by atoms with Crippen molar-refractivity contribution in [3.63, 3.8) is 0 Å². The fraction of sp³-hybridized carbons (Fsp3) is 0.0500. The normalized spacial score (nSPS) is 10.7. The SMILES string of the molecule is Cc1ccc(NC(=O)C(=O)N/N=C\c2ccc(-c3ccccc3F)o2)cc1. The molecule has 6 nitrogen and oxygen atoms in total. The second-order valence-electron chi connectivity index (χ2n) is 5.70. The molecule has 1 aromatic heterocycles. The zero-order valence-corrected chi connectivity index (χ0v) is 14.4. The maximum absolute atomic E-state index is 13.7. The van der Waals surface area contributed by atoms with Crippen molar-refractivity contribution in [3.05, 3.63) is 77.8 Å². The van der Waals surface area contributed by atoms with E-state index < -0.39 is 17.6 Å². The molecule has 0 fully saturated rings. The fourth-order valence-corrected chi connectivity index (χ4v) is 2.26. The highest BCUT2D eigenvalue weighted by Gasteiger charge is 2.13. The quantitative estimate of drug-likeness (QED) is 0.422. The van der Waals surface area contributed by atoms with Gasteiger partial charge in [-0.2, -0.15) is 5.10 Å². The van der Waals surface area contributed by atoms with Crippen LogP contribution in [0.3, 0.4) is 0 Å². The van der Waals surface area contributed by atoms with Gasteiger partial charge in [-0.05, 0) is 43.3 Å². The van der Waals surface area contributed by atoms with E-state index in [0.717, 1.165) is 5.56 Å². The molecular weight excluding hydrogens is 349 g/mol. The van der Waals surface area contributed by atoms with E-state index in [2.05, 4.69) is 15.8 Å². The Hall–Kier alpha value is -3.74. The number of hydrogen-bond acceptors (Lipinski definition) is 4. The molecule has 3 aromatic rings. The van der Waals surface area contributed by atoms with Crippen LogP contribution in [0.25, 0.3) is 11.3 Å². The lowest BCUT2D eigenvalue weighted by molar-refractivity contribution is -0.136. The van der Waals surface area contributed by atoms with Gasteiger partial charge in [0.2, 0.25) is 0 Å². The minimum atomic E-state index is -0.923. The Morgan fingerprint density at radius 2 is 1.74 bits per heavy atom. The lowest BCUT2D eigenvalue weighted by atomic mass is 10.1. The summed E-state index contributed by atoms with van der Waals surface area (Å²) < 4.78 is 19.2. The Labute approximate surface area is 154 Å². The number of rotatable bonds is 4. The molecule has 136 valence electrons. The molecule has 0 unspecified atom stereocenters. The lowest BCUT2D eigenvalue weighted by Gasteiger charge is -2.03. The van der Waals surface area contributed by atoms with Crippen LogP contribution in [0.4, 0.5) is 10.1 Å². The van der Waals surface area contributed by atoms with Crippen LogP contribution in [0.2, 0.25) is 0 Å². The summed E-state index contributed by atoms with van der Waals surface area (Å²) in [6, 6.07) is 16.4. The third-order valence-electron chi connectivity index (χ3n) is 3.64. The smallest absolute Gasteiger partial charge is 0.329 e. The van der Waals surface area contributed by atoms with Gasteiger partial charge in [0.15, 0.2) is 0 Å². The molecule has 0 spiro atoms. The summed E-state index contributed by atoms with van der Waals surface area (Å²) in [6.07, 6.45) is 1.22.